The molecule has 5 heteroatoms. The van der Waals surface area contributed by atoms with Crippen LogP contribution < -0.4 is 5.01 Å². The molecule has 1 aromatic heterocycles. The van der Waals surface area contributed by atoms with E-state index in [2.05, 4.69) is 75.9 Å². The first-order valence-corrected chi connectivity index (χ1v) is 12.0. The molecule has 6 rings (SSSR count). The summed E-state index contributed by atoms with van der Waals surface area (Å²) >= 11 is 0. The molecule has 5 nitrogen and oxygen atoms in total. The predicted molar refractivity (Wildman–Crippen MR) is 144 cm³/mol. The summed E-state index contributed by atoms with van der Waals surface area (Å²) in [6.45, 7) is 0. The van der Waals surface area contributed by atoms with E-state index < -0.39 is 0 Å². The van der Waals surface area contributed by atoms with Crippen molar-refractivity contribution in [3.05, 3.63) is 132 Å². The zero-order valence-electron chi connectivity index (χ0n) is 19.6. The Hall–Kier alpha value is -4.77. The zero-order valence-corrected chi connectivity index (χ0v) is 19.6. The van der Waals surface area contributed by atoms with Crippen molar-refractivity contribution < 1.29 is 4.42 Å². The normalized spacial score (nSPS) is 15.4. The number of rotatable bonds is 6. The molecule has 0 saturated heterocycles. The molecular formula is C31H24N4O. The van der Waals surface area contributed by atoms with Gasteiger partial charge in [-0.2, -0.15) is 5.10 Å². The summed E-state index contributed by atoms with van der Waals surface area (Å²) in [4.78, 5) is 0. The van der Waals surface area contributed by atoms with Gasteiger partial charge in [0.2, 0.25) is 11.8 Å². The molecule has 0 amide bonds. The lowest BCUT2D eigenvalue weighted by Gasteiger charge is -2.24. The number of hydrogen-bond donors (Lipinski definition) is 0. The van der Waals surface area contributed by atoms with Gasteiger partial charge in [-0.1, -0.05) is 84.9 Å². The van der Waals surface area contributed by atoms with Crippen LogP contribution >= 0.6 is 0 Å². The molecule has 5 aromatic rings. The summed E-state index contributed by atoms with van der Waals surface area (Å²) in [5.74, 6) is 1.01. The van der Waals surface area contributed by atoms with Gasteiger partial charge in [0.25, 0.3) is 0 Å². The minimum Gasteiger partial charge on any atom is -0.416 e. The third-order valence-corrected chi connectivity index (χ3v) is 6.21. The third-order valence-electron chi connectivity index (χ3n) is 6.21. The SMILES string of the molecule is C(=C/c1ccccc1)/C1=NN(c2ccc(-c3nnc(-c4ccccc4)o3)cc2)[C@@H](c2ccccc2)C1. The molecule has 174 valence electrons. The maximum Gasteiger partial charge on any atom is 0.248 e. The highest BCUT2D eigenvalue weighted by atomic mass is 16.4. The van der Waals surface area contributed by atoms with Crippen molar-refractivity contribution in [3.63, 3.8) is 0 Å². The summed E-state index contributed by atoms with van der Waals surface area (Å²) in [6.07, 6.45) is 5.07. The molecule has 0 unspecified atom stereocenters. The monoisotopic (exact) mass is 468 g/mol. The van der Waals surface area contributed by atoms with Gasteiger partial charge >= 0.3 is 0 Å². The van der Waals surface area contributed by atoms with E-state index in [1.54, 1.807) is 0 Å². The minimum atomic E-state index is 0.126. The van der Waals surface area contributed by atoms with Crippen molar-refractivity contribution in [2.24, 2.45) is 5.10 Å². The first-order valence-electron chi connectivity index (χ1n) is 12.0. The number of hydrazone groups is 1. The fourth-order valence-electron chi connectivity index (χ4n) is 4.36. The highest BCUT2D eigenvalue weighted by Crippen LogP contribution is 2.36. The van der Waals surface area contributed by atoms with Crippen LogP contribution in [0.15, 0.2) is 131 Å². The maximum atomic E-state index is 5.93. The first kappa shape index (κ1) is 21.7. The maximum absolute atomic E-state index is 5.93. The zero-order chi connectivity index (χ0) is 24.2. The number of hydrogen-bond acceptors (Lipinski definition) is 5. The molecule has 1 aliphatic heterocycles. The van der Waals surface area contributed by atoms with Crippen molar-refractivity contribution >= 4 is 17.5 Å². The van der Waals surface area contributed by atoms with E-state index in [4.69, 9.17) is 9.52 Å². The quantitative estimate of drug-likeness (QED) is 0.260. The fraction of sp³-hybridized carbons (Fsp3) is 0.0645. The number of benzene rings is 4. The molecule has 0 aliphatic carbocycles. The van der Waals surface area contributed by atoms with Gasteiger partial charge < -0.3 is 4.42 Å². The van der Waals surface area contributed by atoms with Gasteiger partial charge in [-0.15, -0.1) is 10.2 Å². The van der Waals surface area contributed by atoms with Gasteiger partial charge in [-0.3, -0.25) is 5.01 Å². The second kappa shape index (κ2) is 9.84. The van der Waals surface area contributed by atoms with Crippen molar-refractivity contribution in [2.45, 2.75) is 12.5 Å². The van der Waals surface area contributed by atoms with Gasteiger partial charge in [0.15, 0.2) is 0 Å². The number of allylic oxidation sites excluding steroid dienone is 1. The smallest absolute Gasteiger partial charge is 0.248 e. The van der Waals surface area contributed by atoms with Crippen molar-refractivity contribution in [3.8, 4) is 22.9 Å². The van der Waals surface area contributed by atoms with E-state index >= 15 is 0 Å². The van der Waals surface area contributed by atoms with Crippen LogP contribution in [0.5, 0.6) is 0 Å². The summed E-state index contributed by atoms with van der Waals surface area (Å²) in [5.41, 5.74) is 6.23. The first-order chi connectivity index (χ1) is 17.8. The Labute approximate surface area is 210 Å². The highest BCUT2D eigenvalue weighted by Gasteiger charge is 2.28. The molecule has 1 aliphatic rings. The second-order valence-electron chi connectivity index (χ2n) is 8.64. The van der Waals surface area contributed by atoms with Crippen molar-refractivity contribution in [1.29, 1.82) is 0 Å². The summed E-state index contributed by atoms with van der Waals surface area (Å²) < 4.78 is 5.93. The van der Waals surface area contributed by atoms with Crippen LogP contribution in [0.1, 0.15) is 23.6 Å². The largest absolute Gasteiger partial charge is 0.416 e. The Bertz CT molecular complexity index is 1490. The molecule has 0 bridgehead atoms. The standard InChI is InChI=1S/C31H24N4O/c1-4-10-23(11-5-1)16-19-27-22-29(24-12-6-2-7-13-24)35(34-27)28-20-17-26(18-21-28)31-33-32-30(36-31)25-14-8-3-9-15-25/h1-21,29H,22H2/b19-16-/t29-/m1/s1. The van der Waals surface area contributed by atoms with E-state index in [0.717, 1.165) is 34.5 Å². The summed E-state index contributed by atoms with van der Waals surface area (Å²) in [6, 6.07) is 38.9. The van der Waals surface area contributed by atoms with E-state index in [-0.39, 0.29) is 6.04 Å². The Kier molecular flexibility index (Phi) is 5.94. The van der Waals surface area contributed by atoms with Gasteiger partial charge in [0.1, 0.15) is 0 Å². The molecule has 0 fully saturated rings. The average Bonchev–Trinajstić information content (AvgIpc) is 3.62. The van der Waals surface area contributed by atoms with Crippen LogP contribution in [0.25, 0.3) is 29.0 Å². The van der Waals surface area contributed by atoms with Crippen molar-refractivity contribution in [2.75, 3.05) is 5.01 Å². The predicted octanol–water partition coefficient (Wildman–Crippen LogP) is 7.42. The van der Waals surface area contributed by atoms with E-state index in [1.807, 2.05) is 66.7 Å². The molecule has 2 heterocycles. The van der Waals surface area contributed by atoms with Gasteiger partial charge in [-0.25, -0.2) is 0 Å². The molecule has 0 spiro atoms. The van der Waals surface area contributed by atoms with Crippen LogP contribution in [0.2, 0.25) is 0 Å². The lowest BCUT2D eigenvalue weighted by Crippen LogP contribution is -2.18. The summed E-state index contributed by atoms with van der Waals surface area (Å²) in [5, 5.41) is 15.6. The molecular weight excluding hydrogens is 444 g/mol. The van der Waals surface area contributed by atoms with Crippen molar-refractivity contribution in [1.82, 2.24) is 10.2 Å². The Balaban J connectivity index is 1.28. The lowest BCUT2D eigenvalue weighted by molar-refractivity contribution is 0.584. The van der Waals surface area contributed by atoms with E-state index in [1.165, 1.54) is 5.56 Å². The average molecular weight is 469 g/mol. The second-order valence-corrected chi connectivity index (χ2v) is 8.64. The Morgan fingerprint density at radius 2 is 1.22 bits per heavy atom. The number of aromatic nitrogens is 2. The van der Waals surface area contributed by atoms with Crippen LogP contribution in [-0.4, -0.2) is 15.9 Å². The van der Waals surface area contributed by atoms with Gasteiger partial charge in [0.05, 0.1) is 17.4 Å². The fourth-order valence-corrected chi connectivity index (χ4v) is 4.36. The van der Waals surface area contributed by atoms with E-state index in [0.29, 0.717) is 11.8 Å². The Morgan fingerprint density at radius 3 is 1.89 bits per heavy atom. The van der Waals surface area contributed by atoms with Gasteiger partial charge in [0, 0.05) is 17.5 Å². The highest BCUT2D eigenvalue weighted by molar-refractivity contribution is 6.01. The van der Waals surface area contributed by atoms with Crippen LogP contribution in [-0.2, 0) is 0 Å². The van der Waals surface area contributed by atoms with Gasteiger partial charge in [-0.05, 0) is 53.6 Å². The minimum absolute atomic E-state index is 0.126. The van der Waals surface area contributed by atoms with Crippen LogP contribution in [0.4, 0.5) is 5.69 Å². The molecule has 36 heavy (non-hydrogen) atoms. The van der Waals surface area contributed by atoms with Crippen LogP contribution in [0, 0.1) is 0 Å². The topological polar surface area (TPSA) is 54.5 Å². The molecule has 0 saturated carbocycles. The number of anilines is 1. The number of nitrogens with zero attached hydrogens (tertiary/aromatic N) is 4. The molecule has 0 N–H and O–H groups in total. The molecule has 0 radical (unpaired) electrons. The third kappa shape index (κ3) is 4.59. The molecule has 1 atom stereocenters. The van der Waals surface area contributed by atoms with Crippen LogP contribution in [0.3, 0.4) is 0 Å². The summed E-state index contributed by atoms with van der Waals surface area (Å²) in [7, 11) is 0. The lowest BCUT2D eigenvalue weighted by atomic mass is 10.0. The Morgan fingerprint density at radius 1 is 0.639 bits per heavy atom. The molecule has 4 aromatic carbocycles. The van der Waals surface area contributed by atoms with E-state index in [9.17, 15) is 0 Å².